The topological polar surface area (TPSA) is 58.6 Å². The van der Waals surface area contributed by atoms with Crippen molar-refractivity contribution < 1.29 is 14.6 Å². The molecule has 1 aliphatic rings. The summed E-state index contributed by atoms with van der Waals surface area (Å²) in [5.41, 5.74) is 0.112. The van der Waals surface area contributed by atoms with E-state index in [9.17, 15) is 9.90 Å². The number of carboxylic acids is 1. The van der Waals surface area contributed by atoms with Crippen LogP contribution in [0.4, 0.5) is 0 Å². The number of carbonyl (C=O) groups is 1. The van der Waals surface area contributed by atoms with Crippen LogP contribution in [0, 0.1) is 0 Å². The second kappa shape index (κ2) is 4.75. The SMILES string of the molecule is COc1ccccc1C[C@@]1(C(=O)O)CCCN1. The highest BCUT2D eigenvalue weighted by Crippen LogP contribution is 2.28. The van der Waals surface area contributed by atoms with Crippen molar-refractivity contribution in [2.75, 3.05) is 13.7 Å². The van der Waals surface area contributed by atoms with Crippen LogP contribution in [0.15, 0.2) is 24.3 Å². The lowest BCUT2D eigenvalue weighted by Crippen LogP contribution is -2.49. The Balaban J connectivity index is 2.26. The van der Waals surface area contributed by atoms with Crippen molar-refractivity contribution in [3.8, 4) is 5.75 Å². The standard InChI is InChI=1S/C13H17NO3/c1-17-11-6-3-2-5-10(11)9-13(12(15)16)7-4-8-14-13/h2-3,5-6,14H,4,7-9H2,1H3,(H,15,16)/t13-/m1/s1. The van der Waals surface area contributed by atoms with Gasteiger partial charge in [-0.25, -0.2) is 0 Å². The molecule has 2 rings (SSSR count). The number of rotatable bonds is 4. The summed E-state index contributed by atoms with van der Waals surface area (Å²) in [4.78, 5) is 11.4. The van der Waals surface area contributed by atoms with E-state index < -0.39 is 11.5 Å². The molecule has 4 heteroatoms. The van der Waals surface area contributed by atoms with E-state index in [1.165, 1.54) is 0 Å². The predicted octanol–water partition coefficient (Wildman–Crippen LogP) is 1.44. The van der Waals surface area contributed by atoms with Crippen LogP contribution in [0.2, 0.25) is 0 Å². The van der Waals surface area contributed by atoms with Crippen LogP contribution in [0.5, 0.6) is 5.75 Å². The van der Waals surface area contributed by atoms with Crippen molar-refractivity contribution >= 4 is 5.97 Å². The van der Waals surface area contributed by atoms with Gasteiger partial charge in [-0.3, -0.25) is 4.79 Å². The van der Waals surface area contributed by atoms with Crippen LogP contribution >= 0.6 is 0 Å². The zero-order valence-electron chi connectivity index (χ0n) is 9.90. The van der Waals surface area contributed by atoms with E-state index in [0.29, 0.717) is 12.8 Å². The van der Waals surface area contributed by atoms with Gasteiger partial charge in [-0.2, -0.15) is 0 Å². The fourth-order valence-corrected chi connectivity index (χ4v) is 2.39. The maximum atomic E-state index is 11.4. The van der Waals surface area contributed by atoms with Crippen molar-refractivity contribution in [1.82, 2.24) is 5.32 Å². The number of para-hydroxylation sites is 1. The van der Waals surface area contributed by atoms with E-state index in [0.717, 1.165) is 24.3 Å². The molecule has 0 aliphatic carbocycles. The summed E-state index contributed by atoms with van der Waals surface area (Å²) in [6.07, 6.45) is 2.04. The molecule has 0 aromatic heterocycles. The number of methoxy groups -OCH3 is 1. The summed E-state index contributed by atoms with van der Waals surface area (Å²) in [6.45, 7) is 0.765. The zero-order valence-corrected chi connectivity index (χ0v) is 9.90. The molecular weight excluding hydrogens is 218 g/mol. The van der Waals surface area contributed by atoms with Gasteiger partial charge in [0, 0.05) is 6.42 Å². The van der Waals surface area contributed by atoms with Crippen molar-refractivity contribution in [1.29, 1.82) is 0 Å². The summed E-state index contributed by atoms with van der Waals surface area (Å²) in [6, 6.07) is 7.57. The Morgan fingerprint density at radius 2 is 2.29 bits per heavy atom. The average Bonchev–Trinajstić information content (AvgIpc) is 2.80. The highest BCUT2D eigenvalue weighted by molar-refractivity contribution is 5.80. The van der Waals surface area contributed by atoms with Crippen LogP contribution in [0.1, 0.15) is 18.4 Å². The largest absolute Gasteiger partial charge is 0.496 e. The van der Waals surface area contributed by atoms with Gasteiger partial charge in [0.05, 0.1) is 7.11 Å². The molecule has 1 atom stereocenters. The molecule has 4 nitrogen and oxygen atoms in total. The van der Waals surface area contributed by atoms with E-state index in [1.54, 1.807) is 7.11 Å². The monoisotopic (exact) mass is 235 g/mol. The molecule has 0 amide bonds. The summed E-state index contributed by atoms with van der Waals surface area (Å²) in [5, 5.41) is 12.5. The zero-order chi connectivity index (χ0) is 12.3. The third kappa shape index (κ3) is 2.26. The first kappa shape index (κ1) is 11.9. The van der Waals surface area contributed by atoms with Crippen LogP contribution in [-0.2, 0) is 11.2 Å². The minimum absolute atomic E-state index is 0.465. The molecule has 0 unspecified atom stereocenters. The Morgan fingerprint density at radius 1 is 1.53 bits per heavy atom. The van der Waals surface area contributed by atoms with Crippen molar-refractivity contribution in [2.45, 2.75) is 24.8 Å². The number of hydrogen-bond acceptors (Lipinski definition) is 3. The minimum Gasteiger partial charge on any atom is -0.496 e. The minimum atomic E-state index is -0.825. The van der Waals surface area contributed by atoms with Crippen molar-refractivity contribution in [2.24, 2.45) is 0 Å². The summed E-state index contributed by atoms with van der Waals surface area (Å²) in [7, 11) is 1.61. The van der Waals surface area contributed by atoms with Gasteiger partial charge in [0.1, 0.15) is 11.3 Å². The molecule has 1 aromatic carbocycles. The maximum Gasteiger partial charge on any atom is 0.324 e. The first-order valence-corrected chi connectivity index (χ1v) is 5.78. The van der Waals surface area contributed by atoms with Gasteiger partial charge >= 0.3 is 5.97 Å². The molecule has 17 heavy (non-hydrogen) atoms. The predicted molar refractivity (Wildman–Crippen MR) is 64.3 cm³/mol. The average molecular weight is 235 g/mol. The third-order valence-electron chi connectivity index (χ3n) is 3.34. The summed E-state index contributed by atoms with van der Waals surface area (Å²) >= 11 is 0. The molecule has 1 aromatic rings. The van der Waals surface area contributed by atoms with E-state index in [2.05, 4.69) is 5.32 Å². The molecule has 1 aliphatic heterocycles. The molecule has 1 fully saturated rings. The number of ether oxygens (including phenoxy) is 1. The van der Waals surface area contributed by atoms with Crippen LogP contribution in [-0.4, -0.2) is 30.3 Å². The highest BCUT2D eigenvalue weighted by Gasteiger charge is 2.41. The summed E-state index contributed by atoms with van der Waals surface area (Å²) in [5.74, 6) is -0.0252. The molecular formula is C13H17NO3. The van der Waals surface area contributed by atoms with Gasteiger partial charge in [-0.05, 0) is 31.0 Å². The Bertz CT molecular complexity index is 411. The maximum absolute atomic E-state index is 11.4. The van der Waals surface area contributed by atoms with Crippen molar-refractivity contribution in [3.63, 3.8) is 0 Å². The molecule has 1 saturated heterocycles. The Hall–Kier alpha value is -1.55. The lowest BCUT2D eigenvalue weighted by atomic mass is 9.89. The first-order valence-electron chi connectivity index (χ1n) is 5.78. The van der Waals surface area contributed by atoms with Gasteiger partial charge < -0.3 is 15.2 Å². The van der Waals surface area contributed by atoms with E-state index in [1.807, 2.05) is 24.3 Å². The van der Waals surface area contributed by atoms with Crippen LogP contribution in [0.25, 0.3) is 0 Å². The van der Waals surface area contributed by atoms with E-state index in [4.69, 9.17) is 4.74 Å². The highest BCUT2D eigenvalue weighted by atomic mass is 16.5. The van der Waals surface area contributed by atoms with Gasteiger partial charge in [0.2, 0.25) is 0 Å². The summed E-state index contributed by atoms with van der Waals surface area (Å²) < 4.78 is 5.26. The molecule has 0 saturated carbocycles. The number of hydrogen-bond donors (Lipinski definition) is 2. The normalized spacial score (nSPS) is 23.6. The lowest BCUT2D eigenvalue weighted by molar-refractivity contribution is -0.144. The van der Waals surface area contributed by atoms with Crippen LogP contribution in [0.3, 0.4) is 0 Å². The molecule has 92 valence electrons. The van der Waals surface area contributed by atoms with E-state index in [-0.39, 0.29) is 0 Å². The van der Waals surface area contributed by atoms with Crippen molar-refractivity contribution in [3.05, 3.63) is 29.8 Å². The molecule has 0 spiro atoms. The Labute approximate surface area is 101 Å². The second-order valence-corrected chi connectivity index (χ2v) is 4.41. The first-order chi connectivity index (χ1) is 8.18. The Kier molecular flexibility index (Phi) is 3.33. The van der Waals surface area contributed by atoms with Gasteiger partial charge in [0.25, 0.3) is 0 Å². The molecule has 1 heterocycles. The third-order valence-corrected chi connectivity index (χ3v) is 3.34. The number of carboxylic acid groups (broad SMARTS) is 1. The fraction of sp³-hybridized carbons (Fsp3) is 0.462. The number of nitrogens with one attached hydrogen (secondary N) is 1. The fourth-order valence-electron chi connectivity index (χ4n) is 2.39. The number of aliphatic carboxylic acids is 1. The molecule has 0 radical (unpaired) electrons. The second-order valence-electron chi connectivity index (χ2n) is 4.41. The lowest BCUT2D eigenvalue weighted by Gasteiger charge is -2.25. The van der Waals surface area contributed by atoms with Gasteiger partial charge in [0.15, 0.2) is 0 Å². The smallest absolute Gasteiger partial charge is 0.324 e. The van der Waals surface area contributed by atoms with E-state index >= 15 is 0 Å². The number of benzene rings is 1. The molecule has 0 bridgehead atoms. The Morgan fingerprint density at radius 3 is 2.88 bits per heavy atom. The molecule has 2 N–H and O–H groups in total. The van der Waals surface area contributed by atoms with Gasteiger partial charge in [-0.1, -0.05) is 18.2 Å². The quantitative estimate of drug-likeness (QED) is 0.829. The van der Waals surface area contributed by atoms with Crippen LogP contribution < -0.4 is 10.1 Å². The van der Waals surface area contributed by atoms with Gasteiger partial charge in [-0.15, -0.1) is 0 Å².